The zero-order valence-electron chi connectivity index (χ0n) is 12.7. The zero-order chi connectivity index (χ0) is 14.8. The summed E-state index contributed by atoms with van der Waals surface area (Å²) in [6.07, 6.45) is 0.996. The molecule has 0 saturated heterocycles. The maximum Gasteiger partial charge on any atom is 0.0587 e. The topological polar surface area (TPSA) is 32.3 Å². The number of aliphatic hydroxyl groups excluding tert-OH is 1. The van der Waals surface area contributed by atoms with Crippen LogP contribution in [0.2, 0.25) is 0 Å². The summed E-state index contributed by atoms with van der Waals surface area (Å²) in [4.78, 5) is 0. The molecule has 1 aliphatic carbocycles. The van der Waals surface area contributed by atoms with Crippen LogP contribution in [-0.2, 0) is 6.42 Å². The van der Waals surface area contributed by atoms with Gasteiger partial charge in [0.15, 0.2) is 0 Å². The molecule has 2 N–H and O–H groups in total. The zero-order valence-corrected chi connectivity index (χ0v) is 12.7. The Balaban J connectivity index is 2.02. The second kappa shape index (κ2) is 6.00. The Hall–Kier alpha value is -1.64. The SMILES string of the molecule is CC(C)[C@@H](CO)NC1c2ccccc2Cc2ccccc21. The molecule has 2 nitrogen and oxygen atoms in total. The van der Waals surface area contributed by atoms with Gasteiger partial charge in [0.2, 0.25) is 0 Å². The normalized spacial score (nSPS) is 15.6. The van der Waals surface area contributed by atoms with Crippen molar-refractivity contribution in [3.63, 3.8) is 0 Å². The molecule has 1 aliphatic rings. The Morgan fingerprint density at radius 1 is 1.00 bits per heavy atom. The van der Waals surface area contributed by atoms with Crippen LogP contribution in [0.15, 0.2) is 48.5 Å². The van der Waals surface area contributed by atoms with Gasteiger partial charge >= 0.3 is 0 Å². The highest BCUT2D eigenvalue weighted by Crippen LogP contribution is 2.35. The average molecular weight is 281 g/mol. The highest BCUT2D eigenvalue weighted by atomic mass is 16.3. The summed E-state index contributed by atoms with van der Waals surface area (Å²) in [6.45, 7) is 4.46. The van der Waals surface area contributed by atoms with E-state index >= 15 is 0 Å². The number of benzene rings is 2. The Bertz CT molecular complexity index is 575. The van der Waals surface area contributed by atoms with Crippen LogP contribution in [0.5, 0.6) is 0 Å². The van der Waals surface area contributed by atoms with Crippen molar-refractivity contribution in [3.8, 4) is 0 Å². The molecule has 0 radical (unpaired) electrons. The molecule has 3 rings (SSSR count). The average Bonchev–Trinajstić information content (AvgIpc) is 2.51. The van der Waals surface area contributed by atoms with Gasteiger partial charge in [0.1, 0.15) is 0 Å². The minimum absolute atomic E-state index is 0.106. The van der Waals surface area contributed by atoms with E-state index in [9.17, 15) is 5.11 Å². The van der Waals surface area contributed by atoms with Crippen LogP contribution in [-0.4, -0.2) is 17.8 Å². The van der Waals surface area contributed by atoms with Crippen LogP contribution in [0.1, 0.15) is 42.1 Å². The van der Waals surface area contributed by atoms with E-state index in [4.69, 9.17) is 0 Å². The maximum absolute atomic E-state index is 9.66. The van der Waals surface area contributed by atoms with Gasteiger partial charge in [-0.3, -0.25) is 0 Å². The van der Waals surface area contributed by atoms with Gasteiger partial charge in [-0.25, -0.2) is 0 Å². The summed E-state index contributed by atoms with van der Waals surface area (Å²) in [7, 11) is 0. The van der Waals surface area contributed by atoms with Crippen molar-refractivity contribution in [2.75, 3.05) is 6.61 Å². The minimum atomic E-state index is 0.106. The molecule has 0 unspecified atom stereocenters. The molecule has 0 bridgehead atoms. The summed E-state index contributed by atoms with van der Waals surface area (Å²) in [5.41, 5.74) is 5.45. The lowest BCUT2D eigenvalue weighted by Gasteiger charge is -2.33. The first-order chi connectivity index (χ1) is 10.2. The lowest BCUT2D eigenvalue weighted by atomic mass is 9.82. The molecule has 21 heavy (non-hydrogen) atoms. The molecule has 2 aromatic rings. The molecule has 0 aromatic heterocycles. The van der Waals surface area contributed by atoms with E-state index in [1.807, 2.05) is 0 Å². The number of rotatable bonds is 4. The summed E-state index contributed by atoms with van der Waals surface area (Å²) in [5, 5.41) is 13.3. The standard InChI is InChI=1S/C19H23NO/c1-13(2)18(12-21)20-19-16-9-5-3-7-14(16)11-15-8-4-6-10-17(15)19/h3-10,13,18-21H,11-12H2,1-2H3/t18-/m1/s1. The van der Waals surface area contributed by atoms with Gasteiger partial charge in [-0.1, -0.05) is 62.4 Å². The molecular formula is C19H23NO. The first-order valence-corrected chi connectivity index (χ1v) is 7.73. The van der Waals surface area contributed by atoms with Gasteiger partial charge in [0, 0.05) is 6.04 Å². The first kappa shape index (κ1) is 14.3. The third-order valence-corrected chi connectivity index (χ3v) is 4.50. The van der Waals surface area contributed by atoms with E-state index in [0.29, 0.717) is 5.92 Å². The van der Waals surface area contributed by atoms with Gasteiger partial charge in [-0.05, 0) is 34.6 Å². The van der Waals surface area contributed by atoms with E-state index in [-0.39, 0.29) is 18.7 Å². The van der Waals surface area contributed by atoms with Crippen molar-refractivity contribution >= 4 is 0 Å². The number of hydrogen-bond donors (Lipinski definition) is 2. The molecule has 110 valence electrons. The first-order valence-electron chi connectivity index (χ1n) is 7.73. The Kier molecular flexibility index (Phi) is 4.09. The van der Waals surface area contributed by atoms with E-state index in [2.05, 4.69) is 67.7 Å². The molecule has 2 aromatic carbocycles. The summed E-state index contributed by atoms with van der Waals surface area (Å²) >= 11 is 0. The largest absolute Gasteiger partial charge is 0.395 e. The van der Waals surface area contributed by atoms with Crippen molar-refractivity contribution < 1.29 is 5.11 Å². The maximum atomic E-state index is 9.66. The van der Waals surface area contributed by atoms with Gasteiger partial charge in [-0.2, -0.15) is 0 Å². The van der Waals surface area contributed by atoms with E-state index in [1.165, 1.54) is 22.3 Å². The molecular weight excluding hydrogens is 258 g/mol. The Morgan fingerprint density at radius 3 is 2.00 bits per heavy atom. The van der Waals surface area contributed by atoms with Crippen molar-refractivity contribution in [2.45, 2.75) is 32.4 Å². The smallest absolute Gasteiger partial charge is 0.0587 e. The van der Waals surface area contributed by atoms with Crippen LogP contribution >= 0.6 is 0 Å². The Morgan fingerprint density at radius 2 is 1.52 bits per heavy atom. The van der Waals surface area contributed by atoms with Crippen LogP contribution in [0.25, 0.3) is 0 Å². The van der Waals surface area contributed by atoms with Crippen LogP contribution in [0.4, 0.5) is 0 Å². The van der Waals surface area contributed by atoms with Crippen molar-refractivity contribution in [1.82, 2.24) is 5.32 Å². The molecule has 0 aliphatic heterocycles. The van der Waals surface area contributed by atoms with Crippen LogP contribution in [0, 0.1) is 5.92 Å². The number of nitrogens with one attached hydrogen (secondary N) is 1. The van der Waals surface area contributed by atoms with Crippen molar-refractivity contribution in [1.29, 1.82) is 0 Å². The lowest BCUT2D eigenvalue weighted by molar-refractivity contribution is 0.203. The summed E-state index contributed by atoms with van der Waals surface area (Å²) < 4.78 is 0. The predicted molar refractivity (Wildman–Crippen MR) is 86.4 cm³/mol. The second-order valence-corrected chi connectivity index (χ2v) is 6.21. The fraction of sp³-hybridized carbons (Fsp3) is 0.368. The highest BCUT2D eigenvalue weighted by Gasteiger charge is 2.27. The quantitative estimate of drug-likeness (QED) is 0.901. The lowest BCUT2D eigenvalue weighted by Crippen LogP contribution is -2.41. The molecule has 0 amide bonds. The van der Waals surface area contributed by atoms with Crippen molar-refractivity contribution in [2.24, 2.45) is 5.92 Å². The predicted octanol–water partition coefficient (Wildman–Crippen LogP) is 3.29. The third kappa shape index (κ3) is 2.74. The second-order valence-electron chi connectivity index (χ2n) is 6.21. The molecule has 0 heterocycles. The van der Waals surface area contributed by atoms with Crippen LogP contribution < -0.4 is 5.32 Å². The molecule has 0 spiro atoms. The molecule has 0 fully saturated rings. The molecule has 1 atom stereocenters. The van der Waals surface area contributed by atoms with Gasteiger partial charge in [-0.15, -0.1) is 0 Å². The van der Waals surface area contributed by atoms with Gasteiger partial charge < -0.3 is 10.4 Å². The Labute approximate surface area is 126 Å². The minimum Gasteiger partial charge on any atom is -0.395 e. The van der Waals surface area contributed by atoms with Crippen LogP contribution in [0.3, 0.4) is 0 Å². The number of fused-ring (bicyclic) bond motifs is 2. The highest BCUT2D eigenvalue weighted by molar-refractivity contribution is 5.48. The number of hydrogen-bond acceptors (Lipinski definition) is 2. The van der Waals surface area contributed by atoms with E-state index in [1.54, 1.807) is 0 Å². The monoisotopic (exact) mass is 281 g/mol. The van der Waals surface area contributed by atoms with Gasteiger partial charge in [0.05, 0.1) is 12.6 Å². The fourth-order valence-electron chi connectivity index (χ4n) is 3.18. The third-order valence-electron chi connectivity index (χ3n) is 4.50. The van der Waals surface area contributed by atoms with Gasteiger partial charge in [0.25, 0.3) is 0 Å². The molecule has 2 heteroatoms. The fourth-order valence-corrected chi connectivity index (χ4v) is 3.18. The number of aliphatic hydroxyl groups is 1. The summed E-state index contributed by atoms with van der Waals surface area (Å²) in [5.74, 6) is 0.399. The molecule has 0 saturated carbocycles. The summed E-state index contributed by atoms with van der Waals surface area (Å²) in [6, 6.07) is 17.5. The van der Waals surface area contributed by atoms with E-state index in [0.717, 1.165) is 6.42 Å². The van der Waals surface area contributed by atoms with E-state index < -0.39 is 0 Å². The van der Waals surface area contributed by atoms with Crippen molar-refractivity contribution in [3.05, 3.63) is 70.8 Å².